The van der Waals surface area contributed by atoms with Crippen molar-refractivity contribution in [1.82, 2.24) is 9.78 Å². The highest BCUT2D eigenvalue weighted by Crippen LogP contribution is 2.29. The van der Waals surface area contributed by atoms with Crippen LogP contribution in [0.15, 0.2) is 22.7 Å². The summed E-state index contributed by atoms with van der Waals surface area (Å²) in [5, 5.41) is 5.19. The number of hydrogen-bond acceptors (Lipinski definition) is 2. The van der Waals surface area contributed by atoms with Crippen LogP contribution < -0.4 is 4.74 Å². The smallest absolute Gasteiger partial charge is 0.134 e. The molecule has 1 heterocycles. The van der Waals surface area contributed by atoms with Crippen molar-refractivity contribution in [1.29, 1.82) is 0 Å². The van der Waals surface area contributed by atoms with Gasteiger partial charge in [-0.2, -0.15) is 5.10 Å². The van der Waals surface area contributed by atoms with Gasteiger partial charge in [-0.25, -0.2) is 0 Å². The molecule has 0 unspecified atom stereocenters. The van der Waals surface area contributed by atoms with Crippen LogP contribution in [-0.4, -0.2) is 9.78 Å². The molecule has 0 saturated carbocycles. The van der Waals surface area contributed by atoms with E-state index in [-0.39, 0.29) is 0 Å². The molecule has 0 saturated heterocycles. The van der Waals surface area contributed by atoms with E-state index in [4.69, 9.17) is 27.9 Å². The van der Waals surface area contributed by atoms with Crippen molar-refractivity contribution >= 4 is 39.1 Å². The summed E-state index contributed by atoms with van der Waals surface area (Å²) >= 11 is 15.7. The number of hydrogen-bond donors (Lipinski definition) is 0. The van der Waals surface area contributed by atoms with Gasteiger partial charge >= 0.3 is 0 Å². The fraction of sp³-hybridized carbons (Fsp3) is 0.400. The lowest BCUT2D eigenvalue weighted by Crippen LogP contribution is -2.06. The molecule has 0 aliphatic carbocycles. The molecule has 3 nitrogen and oxygen atoms in total. The maximum absolute atomic E-state index is 6.37. The van der Waals surface area contributed by atoms with Gasteiger partial charge in [0.25, 0.3) is 0 Å². The van der Waals surface area contributed by atoms with Gasteiger partial charge in [0.2, 0.25) is 0 Å². The Morgan fingerprint density at radius 1 is 1.33 bits per heavy atom. The van der Waals surface area contributed by atoms with Gasteiger partial charge in [0.05, 0.1) is 20.9 Å². The Balaban J connectivity index is 2.18. The van der Waals surface area contributed by atoms with E-state index in [9.17, 15) is 0 Å². The van der Waals surface area contributed by atoms with Crippen molar-refractivity contribution in [2.24, 2.45) is 0 Å². The number of ether oxygens (including phenoxy) is 1. The summed E-state index contributed by atoms with van der Waals surface area (Å²) in [7, 11) is 0. The van der Waals surface area contributed by atoms with Gasteiger partial charge in [-0.05, 0) is 47.0 Å². The molecule has 0 atom stereocenters. The van der Waals surface area contributed by atoms with Crippen molar-refractivity contribution < 1.29 is 4.74 Å². The van der Waals surface area contributed by atoms with Gasteiger partial charge in [-0.3, -0.25) is 4.68 Å². The molecule has 6 heteroatoms. The Kier molecular flexibility index (Phi) is 5.97. The van der Waals surface area contributed by atoms with E-state index in [0.29, 0.717) is 17.5 Å². The molecule has 1 aromatic heterocycles. The monoisotopic (exact) mass is 390 g/mol. The molecular formula is C15H17BrCl2N2O. The summed E-state index contributed by atoms with van der Waals surface area (Å²) in [6, 6.07) is 5.81. The first kappa shape index (κ1) is 16.7. The number of alkyl halides is 1. The van der Waals surface area contributed by atoms with E-state index in [0.717, 1.165) is 40.1 Å². The maximum Gasteiger partial charge on any atom is 0.134 e. The van der Waals surface area contributed by atoms with E-state index < -0.39 is 0 Å². The molecule has 114 valence electrons. The van der Waals surface area contributed by atoms with Crippen molar-refractivity contribution in [3.63, 3.8) is 0 Å². The molecule has 1 aromatic carbocycles. The minimum absolute atomic E-state index is 0.387. The molecule has 2 aromatic rings. The Morgan fingerprint density at radius 3 is 2.67 bits per heavy atom. The topological polar surface area (TPSA) is 27.1 Å². The summed E-state index contributed by atoms with van der Waals surface area (Å²) in [5.74, 6) is 1.24. The molecule has 0 amide bonds. The van der Waals surface area contributed by atoms with E-state index in [1.165, 1.54) is 0 Å². The zero-order valence-corrected chi connectivity index (χ0v) is 15.1. The van der Waals surface area contributed by atoms with Crippen molar-refractivity contribution in [2.75, 3.05) is 0 Å². The maximum atomic E-state index is 6.37. The van der Waals surface area contributed by atoms with Gasteiger partial charge < -0.3 is 4.74 Å². The summed E-state index contributed by atoms with van der Waals surface area (Å²) < 4.78 is 8.64. The number of aryl methyl sites for hydroxylation is 2. The van der Waals surface area contributed by atoms with Crippen LogP contribution in [0.4, 0.5) is 0 Å². The fourth-order valence-electron chi connectivity index (χ4n) is 2.05. The van der Waals surface area contributed by atoms with Crippen LogP contribution in [0.2, 0.25) is 5.02 Å². The quantitative estimate of drug-likeness (QED) is 0.632. The van der Waals surface area contributed by atoms with Crippen LogP contribution >= 0.6 is 39.1 Å². The highest BCUT2D eigenvalue weighted by molar-refractivity contribution is 9.10. The summed E-state index contributed by atoms with van der Waals surface area (Å²) in [5.41, 5.74) is 2.86. The Bertz CT molecular complexity index is 628. The normalized spacial score (nSPS) is 10.9. The molecule has 2 rings (SSSR count). The highest BCUT2D eigenvalue weighted by Gasteiger charge is 2.15. The molecule has 0 spiro atoms. The molecule has 0 N–H and O–H groups in total. The van der Waals surface area contributed by atoms with Gasteiger partial charge in [0, 0.05) is 12.4 Å². The first-order chi connectivity index (χ1) is 10.1. The van der Waals surface area contributed by atoms with Gasteiger partial charge in [0.15, 0.2) is 0 Å². The molecule has 0 radical (unpaired) electrons. The Morgan fingerprint density at radius 2 is 2.10 bits per heavy atom. The van der Waals surface area contributed by atoms with Gasteiger partial charge in [-0.1, -0.05) is 24.6 Å². The second-order valence-corrected chi connectivity index (χ2v) is 6.06. The predicted molar refractivity (Wildman–Crippen MR) is 90.3 cm³/mol. The number of halogens is 3. The van der Waals surface area contributed by atoms with Crippen molar-refractivity contribution in [3.8, 4) is 5.75 Å². The highest BCUT2D eigenvalue weighted by atomic mass is 79.9. The molecule has 0 bridgehead atoms. The number of benzene rings is 1. The number of aromatic nitrogens is 2. The van der Waals surface area contributed by atoms with E-state index in [1.807, 2.05) is 36.7 Å². The zero-order chi connectivity index (χ0) is 15.4. The number of rotatable bonds is 6. The zero-order valence-electron chi connectivity index (χ0n) is 12.0. The van der Waals surface area contributed by atoms with E-state index >= 15 is 0 Å². The lowest BCUT2D eigenvalue weighted by atomic mass is 10.2. The van der Waals surface area contributed by atoms with Crippen LogP contribution in [0.3, 0.4) is 0 Å². The third-order valence-electron chi connectivity index (χ3n) is 3.21. The molecule has 0 fully saturated rings. The molecular weight excluding hydrogens is 375 g/mol. The molecule has 0 aliphatic rings. The first-order valence-electron chi connectivity index (χ1n) is 6.81. The standard InChI is InChI=1S/C15H17BrCl2N2O/c1-3-12-15(18)13(20(4-2)19-12)9-21-14-6-5-10(8-17)7-11(14)16/h5-7H,3-4,8-9H2,1-2H3. The van der Waals surface area contributed by atoms with Gasteiger partial charge in [0.1, 0.15) is 12.4 Å². The SMILES string of the molecule is CCc1nn(CC)c(COc2ccc(CCl)cc2Br)c1Cl. The lowest BCUT2D eigenvalue weighted by Gasteiger charge is -2.10. The minimum atomic E-state index is 0.387. The average molecular weight is 392 g/mol. The van der Waals surface area contributed by atoms with Crippen molar-refractivity contribution in [3.05, 3.63) is 44.6 Å². The van der Waals surface area contributed by atoms with Gasteiger partial charge in [-0.15, -0.1) is 11.6 Å². The second-order valence-electron chi connectivity index (χ2n) is 4.56. The third kappa shape index (κ3) is 3.74. The minimum Gasteiger partial charge on any atom is -0.486 e. The largest absolute Gasteiger partial charge is 0.486 e. The van der Waals surface area contributed by atoms with Crippen molar-refractivity contribution in [2.45, 2.75) is 39.3 Å². The van der Waals surface area contributed by atoms with E-state index in [2.05, 4.69) is 21.0 Å². The summed E-state index contributed by atoms with van der Waals surface area (Å²) in [6.07, 6.45) is 0.812. The average Bonchev–Trinajstić information content (AvgIpc) is 2.81. The second kappa shape index (κ2) is 7.52. The van der Waals surface area contributed by atoms with Crippen LogP contribution in [0.1, 0.15) is 30.8 Å². The van der Waals surface area contributed by atoms with Crippen LogP contribution in [0.5, 0.6) is 5.75 Å². The lowest BCUT2D eigenvalue weighted by molar-refractivity contribution is 0.290. The predicted octanol–water partition coefficient (Wildman–Crippen LogP) is 5.20. The van der Waals surface area contributed by atoms with Crippen LogP contribution in [0, 0.1) is 0 Å². The number of nitrogens with zero attached hydrogens (tertiary/aromatic N) is 2. The van der Waals surface area contributed by atoms with Crippen LogP contribution in [0.25, 0.3) is 0 Å². The van der Waals surface area contributed by atoms with Crippen LogP contribution in [-0.2, 0) is 25.5 Å². The Hall–Kier alpha value is -0.710. The fourth-order valence-corrected chi connectivity index (χ4v) is 3.08. The summed E-state index contributed by atoms with van der Waals surface area (Å²) in [4.78, 5) is 0. The Labute approximate surface area is 143 Å². The summed E-state index contributed by atoms with van der Waals surface area (Å²) in [6.45, 7) is 5.24. The molecule has 21 heavy (non-hydrogen) atoms. The molecule has 0 aliphatic heterocycles. The third-order valence-corrected chi connectivity index (χ3v) is 4.57. The van der Waals surface area contributed by atoms with E-state index in [1.54, 1.807) is 0 Å². The first-order valence-corrected chi connectivity index (χ1v) is 8.52.